The molecule has 0 amide bonds. The molecule has 0 spiro atoms. The van der Waals surface area contributed by atoms with Gasteiger partial charge >= 0.3 is 16.6 Å². The van der Waals surface area contributed by atoms with Crippen LogP contribution >= 0.6 is 0 Å². The second kappa shape index (κ2) is 4.76. The van der Waals surface area contributed by atoms with Gasteiger partial charge in [0.05, 0.1) is 0 Å². The predicted molar refractivity (Wildman–Crippen MR) is 49.3 cm³/mol. The van der Waals surface area contributed by atoms with Crippen molar-refractivity contribution in [3.63, 3.8) is 0 Å². The van der Waals surface area contributed by atoms with E-state index in [1.165, 1.54) is 0 Å². The van der Waals surface area contributed by atoms with Crippen molar-refractivity contribution in [1.29, 1.82) is 0 Å². The van der Waals surface area contributed by atoms with Crippen LogP contribution in [0.1, 0.15) is 5.56 Å². The predicted octanol–water partition coefficient (Wildman–Crippen LogP) is 1.14. The van der Waals surface area contributed by atoms with Crippen LogP contribution in [0.4, 0.5) is 4.79 Å². The molecule has 0 saturated carbocycles. The summed E-state index contributed by atoms with van der Waals surface area (Å²) >= 11 is 0. The minimum Gasteiger partial charge on any atom is -0.429 e. The summed E-state index contributed by atoms with van der Waals surface area (Å²) in [6.45, 7) is -0.130. The Morgan fingerprint density at radius 3 is 2.40 bits per heavy atom. The van der Waals surface area contributed by atoms with Gasteiger partial charge in [-0.15, -0.1) is 0 Å². The summed E-state index contributed by atoms with van der Waals surface area (Å²) in [6, 6.07) is 8.60. The molecule has 7 heteroatoms. The summed E-state index contributed by atoms with van der Waals surface area (Å²) in [6.07, 6.45) is -1.47. The van der Waals surface area contributed by atoms with E-state index in [2.05, 4.69) is 8.92 Å². The maximum Gasteiger partial charge on any atom is 0.526 e. The minimum atomic E-state index is -4.80. The SMILES string of the molecule is O=C(OCc1ccccc1)OS(=O)(=O)O. The van der Waals surface area contributed by atoms with Crippen molar-refractivity contribution >= 4 is 16.6 Å². The van der Waals surface area contributed by atoms with Crippen LogP contribution in [0.3, 0.4) is 0 Å². The molecule has 0 atom stereocenters. The molecule has 0 fully saturated rings. The minimum absolute atomic E-state index is 0.130. The van der Waals surface area contributed by atoms with Gasteiger partial charge in [-0.05, 0) is 5.56 Å². The first-order chi connectivity index (χ1) is 6.97. The highest BCUT2D eigenvalue weighted by molar-refractivity contribution is 7.81. The van der Waals surface area contributed by atoms with Crippen molar-refractivity contribution in [1.82, 2.24) is 0 Å². The molecule has 0 aliphatic rings. The smallest absolute Gasteiger partial charge is 0.429 e. The highest BCUT2D eigenvalue weighted by Crippen LogP contribution is 2.02. The molecular weight excluding hydrogens is 224 g/mol. The van der Waals surface area contributed by atoms with Crippen molar-refractivity contribution in [2.75, 3.05) is 0 Å². The third-order valence-electron chi connectivity index (χ3n) is 1.37. The normalized spacial score (nSPS) is 10.7. The molecule has 0 unspecified atom stereocenters. The summed E-state index contributed by atoms with van der Waals surface area (Å²) in [4.78, 5) is 10.6. The fourth-order valence-electron chi connectivity index (χ4n) is 0.827. The molecule has 0 radical (unpaired) electrons. The summed E-state index contributed by atoms with van der Waals surface area (Å²) in [5, 5.41) is 0. The van der Waals surface area contributed by atoms with Crippen LogP contribution in [0.25, 0.3) is 0 Å². The molecule has 1 aromatic rings. The summed E-state index contributed by atoms with van der Waals surface area (Å²) in [7, 11) is -4.80. The second-order valence-electron chi connectivity index (χ2n) is 2.54. The van der Waals surface area contributed by atoms with Crippen LogP contribution in [0.15, 0.2) is 30.3 Å². The molecule has 1 rings (SSSR count). The fraction of sp³-hybridized carbons (Fsp3) is 0.125. The Morgan fingerprint density at radius 2 is 1.87 bits per heavy atom. The number of carbonyl (C=O) groups excluding carboxylic acids is 1. The van der Waals surface area contributed by atoms with E-state index in [0.29, 0.717) is 5.56 Å². The Morgan fingerprint density at radius 1 is 1.27 bits per heavy atom. The molecule has 1 aromatic carbocycles. The van der Waals surface area contributed by atoms with E-state index in [0.717, 1.165) is 0 Å². The Labute approximate surface area is 86.4 Å². The lowest BCUT2D eigenvalue weighted by atomic mass is 10.2. The van der Waals surface area contributed by atoms with E-state index in [-0.39, 0.29) is 6.61 Å². The van der Waals surface area contributed by atoms with Crippen LogP contribution in [0, 0.1) is 0 Å². The molecule has 0 saturated heterocycles. The van der Waals surface area contributed by atoms with Crippen molar-refractivity contribution in [2.45, 2.75) is 6.61 Å². The third kappa shape index (κ3) is 4.99. The lowest BCUT2D eigenvalue weighted by molar-refractivity contribution is 0.0908. The van der Waals surface area contributed by atoms with E-state index in [1.54, 1.807) is 30.3 Å². The highest BCUT2D eigenvalue weighted by Gasteiger charge is 2.14. The average Bonchev–Trinajstić information content (AvgIpc) is 2.14. The number of hydrogen-bond donors (Lipinski definition) is 1. The quantitative estimate of drug-likeness (QED) is 0.620. The zero-order valence-electron chi connectivity index (χ0n) is 7.49. The van der Waals surface area contributed by atoms with Gasteiger partial charge in [0.15, 0.2) is 0 Å². The molecule has 0 heterocycles. The zero-order valence-corrected chi connectivity index (χ0v) is 8.31. The molecular formula is C8H8O6S. The molecule has 82 valence electrons. The number of benzene rings is 1. The summed E-state index contributed by atoms with van der Waals surface area (Å²) < 4.78 is 36.2. The Balaban J connectivity index is 2.42. The van der Waals surface area contributed by atoms with Crippen molar-refractivity contribution in [2.24, 2.45) is 0 Å². The maximum absolute atomic E-state index is 10.6. The van der Waals surface area contributed by atoms with E-state index in [4.69, 9.17) is 4.55 Å². The Bertz CT molecular complexity index is 424. The Hall–Kier alpha value is -1.60. The van der Waals surface area contributed by atoms with Crippen molar-refractivity contribution < 1.29 is 26.7 Å². The molecule has 6 nitrogen and oxygen atoms in total. The lowest BCUT2D eigenvalue weighted by Crippen LogP contribution is -2.13. The zero-order chi connectivity index (χ0) is 11.3. The monoisotopic (exact) mass is 232 g/mol. The van der Waals surface area contributed by atoms with Gasteiger partial charge in [-0.2, -0.15) is 8.42 Å². The molecule has 0 bridgehead atoms. The highest BCUT2D eigenvalue weighted by atomic mass is 32.3. The molecule has 0 aliphatic heterocycles. The molecule has 15 heavy (non-hydrogen) atoms. The second-order valence-corrected chi connectivity index (χ2v) is 3.56. The van der Waals surface area contributed by atoms with E-state index < -0.39 is 16.6 Å². The van der Waals surface area contributed by atoms with Crippen LogP contribution in [0.5, 0.6) is 0 Å². The van der Waals surface area contributed by atoms with Crippen LogP contribution in [0.2, 0.25) is 0 Å². The van der Waals surface area contributed by atoms with Gasteiger partial charge < -0.3 is 4.74 Å². The summed E-state index contributed by atoms with van der Waals surface area (Å²) in [5.41, 5.74) is 0.671. The van der Waals surface area contributed by atoms with Crippen LogP contribution in [-0.4, -0.2) is 19.1 Å². The summed E-state index contributed by atoms with van der Waals surface area (Å²) in [5.74, 6) is 0. The number of ether oxygens (including phenoxy) is 1. The first kappa shape index (κ1) is 11.5. The van der Waals surface area contributed by atoms with E-state index in [9.17, 15) is 13.2 Å². The van der Waals surface area contributed by atoms with Crippen molar-refractivity contribution in [3.05, 3.63) is 35.9 Å². The molecule has 0 aliphatic carbocycles. The standard InChI is InChI=1S/C8H8O6S/c9-8(14-15(10,11)12)13-6-7-4-2-1-3-5-7/h1-5H,6H2,(H,10,11,12). The fourth-order valence-corrected chi connectivity index (χ4v) is 1.05. The van der Waals surface area contributed by atoms with Crippen LogP contribution < -0.4 is 0 Å². The number of rotatable bonds is 3. The van der Waals surface area contributed by atoms with Gasteiger partial charge in [0.1, 0.15) is 6.61 Å². The average molecular weight is 232 g/mol. The van der Waals surface area contributed by atoms with E-state index in [1.807, 2.05) is 0 Å². The third-order valence-corrected chi connectivity index (χ3v) is 1.72. The van der Waals surface area contributed by atoms with Gasteiger partial charge in [-0.3, -0.25) is 8.74 Å². The van der Waals surface area contributed by atoms with Crippen molar-refractivity contribution in [3.8, 4) is 0 Å². The van der Waals surface area contributed by atoms with Gasteiger partial charge in [0.2, 0.25) is 0 Å². The number of hydrogen-bond acceptors (Lipinski definition) is 5. The van der Waals surface area contributed by atoms with Gasteiger partial charge in [-0.25, -0.2) is 4.79 Å². The molecule has 0 aromatic heterocycles. The van der Waals surface area contributed by atoms with Gasteiger partial charge in [-0.1, -0.05) is 30.3 Å². The molecule has 1 N–H and O–H groups in total. The number of carbonyl (C=O) groups is 1. The largest absolute Gasteiger partial charge is 0.526 e. The van der Waals surface area contributed by atoms with E-state index >= 15 is 0 Å². The lowest BCUT2D eigenvalue weighted by Gasteiger charge is -2.02. The topological polar surface area (TPSA) is 89.9 Å². The first-order valence-electron chi connectivity index (χ1n) is 3.85. The van der Waals surface area contributed by atoms with Gasteiger partial charge in [0, 0.05) is 0 Å². The van der Waals surface area contributed by atoms with Gasteiger partial charge in [0.25, 0.3) is 0 Å². The maximum atomic E-state index is 10.6. The first-order valence-corrected chi connectivity index (χ1v) is 5.21. The van der Waals surface area contributed by atoms with Crippen LogP contribution in [-0.2, 0) is 25.9 Å². The Kier molecular flexibility index (Phi) is 3.64.